The van der Waals surface area contributed by atoms with E-state index < -0.39 is 0 Å². The molecule has 2 aromatic rings. The highest BCUT2D eigenvalue weighted by atomic mass is 79.9. The Balaban J connectivity index is 1.66. The van der Waals surface area contributed by atoms with Gasteiger partial charge in [0.05, 0.1) is 7.11 Å². The summed E-state index contributed by atoms with van der Waals surface area (Å²) in [7, 11) is 1.69. The van der Waals surface area contributed by atoms with Crippen LogP contribution in [0.1, 0.15) is 42.4 Å². The van der Waals surface area contributed by atoms with Crippen LogP contribution < -0.4 is 14.8 Å². The number of ether oxygens (including phenoxy) is 2. The van der Waals surface area contributed by atoms with Gasteiger partial charge in [-0.25, -0.2) is 0 Å². The van der Waals surface area contributed by atoms with Gasteiger partial charge in [-0.1, -0.05) is 58.6 Å². The van der Waals surface area contributed by atoms with Gasteiger partial charge in [0.2, 0.25) is 0 Å². The summed E-state index contributed by atoms with van der Waals surface area (Å²) in [5.74, 6) is 1.54. The Labute approximate surface area is 158 Å². The van der Waals surface area contributed by atoms with Gasteiger partial charge >= 0.3 is 0 Å². The fourth-order valence-corrected chi connectivity index (χ4v) is 3.68. The maximum absolute atomic E-state index is 5.99. The van der Waals surface area contributed by atoms with Crippen molar-refractivity contribution in [3.63, 3.8) is 0 Å². The van der Waals surface area contributed by atoms with Crippen molar-refractivity contribution in [2.24, 2.45) is 0 Å². The highest BCUT2D eigenvalue weighted by Gasteiger charge is 2.16. The van der Waals surface area contributed by atoms with E-state index in [1.54, 1.807) is 7.11 Å². The molecule has 0 aliphatic heterocycles. The summed E-state index contributed by atoms with van der Waals surface area (Å²) < 4.78 is 12.6. The number of hydrogen-bond acceptors (Lipinski definition) is 3. The Morgan fingerprint density at radius 2 is 1.80 bits per heavy atom. The summed E-state index contributed by atoms with van der Waals surface area (Å²) >= 11 is 3.68. The maximum atomic E-state index is 5.99. The summed E-state index contributed by atoms with van der Waals surface area (Å²) in [6.45, 7) is 3.46. The first-order chi connectivity index (χ1) is 12.2. The molecule has 0 amide bonds. The largest absolute Gasteiger partial charge is 0.493 e. The van der Waals surface area contributed by atoms with Crippen molar-refractivity contribution in [3.05, 3.63) is 57.6 Å². The van der Waals surface area contributed by atoms with Crippen LogP contribution in [-0.4, -0.2) is 13.2 Å². The molecule has 4 heteroatoms. The second-order valence-corrected chi connectivity index (χ2v) is 7.59. The van der Waals surface area contributed by atoms with Gasteiger partial charge in [-0.3, -0.25) is 0 Å². The van der Waals surface area contributed by atoms with Crippen molar-refractivity contribution < 1.29 is 9.47 Å². The minimum atomic E-state index is 0.531. The summed E-state index contributed by atoms with van der Waals surface area (Å²) in [6, 6.07) is 13.1. The third-order valence-electron chi connectivity index (χ3n) is 4.78. The van der Waals surface area contributed by atoms with Crippen LogP contribution in [0.25, 0.3) is 0 Å². The fraction of sp³-hybridized carbons (Fsp3) is 0.429. The number of methoxy groups -OCH3 is 1. The van der Waals surface area contributed by atoms with Gasteiger partial charge in [0, 0.05) is 17.1 Å². The average Bonchev–Trinajstić information content (AvgIpc) is 3.14. The Morgan fingerprint density at radius 3 is 2.48 bits per heavy atom. The van der Waals surface area contributed by atoms with Gasteiger partial charge in [0.1, 0.15) is 6.61 Å². The van der Waals surface area contributed by atoms with Crippen LogP contribution in [-0.2, 0) is 13.2 Å². The first-order valence-electron chi connectivity index (χ1n) is 8.94. The molecule has 0 radical (unpaired) electrons. The van der Waals surface area contributed by atoms with Crippen molar-refractivity contribution >= 4 is 15.9 Å². The van der Waals surface area contributed by atoms with Gasteiger partial charge in [0.15, 0.2) is 11.5 Å². The SMILES string of the molecule is COc1cc(CNC2CCCC2)c(Br)cc1OCc1ccc(C)cc1. The Hall–Kier alpha value is -1.52. The molecular weight excluding hydrogens is 378 g/mol. The number of nitrogens with one attached hydrogen (secondary N) is 1. The van der Waals surface area contributed by atoms with Crippen LogP contribution in [0, 0.1) is 6.92 Å². The van der Waals surface area contributed by atoms with Gasteiger partial charge in [-0.05, 0) is 43.0 Å². The molecule has 3 nitrogen and oxygen atoms in total. The zero-order chi connectivity index (χ0) is 17.6. The molecule has 134 valence electrons. The predicted octanol–water partition coefficient (Wildman–Crippen LogP) is 5.38. The molecule has 1 aliphatic carbocycles. The molecule has 0 saturated heterocycles. The van der Waals surface area contributed by atoms with E-state index in [0.29, 0.717) is 12.6 Å². The third-order valence-corrected chi connectivity index (χ3v) is 5.52. The highest BCUT2D eigenvalue weighted by molar-refractivity contribution is 9.10. The van der Waals surface area contributed by atoms with Crippen molar-refractivity contribution in [1.29, 1.82) is 0 Å². The number of halogens is 1. The minimum absolute atomic E-state index is 0.531. The zero-order valence-corrected chi connectivity index (χ0v) is 16.6. The Bertz CT molecular complexity index is 694. The van der Waals surface area contributed by atoms with Gasteiger partial charge < -0.3 is 14.8 Å². The molecular formula is C21H26BrNO2. The molecule has 1 N–H and O–H groups in total. The van der Waals surface area contributed by atoms with E-state index in [4.69, 9.17) is 9.47 Å². The molecule has 1 saturated carbocycles. The number of benzene rings is 2. The second kappa shape index (κ2) is 8.72. The molecule has 0 spiro atoms. The molecule has 0 atom stereocenters. The molecule has 1 fully saturated rings. The molecule has 3 rings (SSSR count). The number of hydrogen-bond donors (Lipinski definition) is 1. The van der Waals surface area contributed by atoms with Gasteiger partial charge in [-0.15, -0.1) is 0 Å². The van der Waals surface area contributed by atoms with Crippen molar-refractivity contribution in [3.8, 4) is 11.5 Å². The highest BCUT2D eigenvalue weighted by Crippen LogP contribution is 2.34. The quantitative estimate of drug-likeness (QED) is 0.672. The van der Waals surface area contributed by atoms with Crippen LogP contribution in [0.5, 0.6) is 11.5 Å². The van der Waals surface area contributed by atoms with E-state index in [1.807, 2.05) is 6.07 Å². The van der Waals surface area contributed by atoms with Crippen LogP contribution >= 0.6 is 15.9 Å². The van der Waals surface area contributed by atoms with E-state index in [1.165, 1.54) is 36.8 Å². The smallest absolute Gasteiger partial charge is 0.162 e. The lowest BCUT2D eigenvalue weighted by Crippen LogP contribution is -2.25. The van der Waals surface area contributed by atoms with Crippen LogP contribution in [0.4, 0.5) is 0 Å². The van der Waals surface area contributed by atoms with E-state index in [2.05, 4.69) is 58.5 Å². The van der Waals surface area contributed by atoms with Crippen molar-refractivity contribution in [1.82, 2.24) is 5.32 Å². The lowest BCUT2D eigenvalue weighted by Gasteiger charge is -2.16. The monoisotopic (exact) mass is 403 g/mol. The van der Waals surface area contributed by atoms with E-state index in [0.717, 1.165) is 28.1 Å². The summed E-state index contributed by atoms with van der Waals surface area (Å²) in [6.07, 6.45) is 5.25. The molecule has 0 unspecified atom stereocenters. The maximum Gasteiger partial charge on any atom is 0.162 e. The van der Waals surface area contributed by atoms with Gasteiger partial charge in [-0.2, -0.15) is 0 Å². The number of rotatable bonds is 7. The van der Waals surface area contributed by atoms with Gasteiger partial charge in [0.25, 0.3) is 0 Å². The van der Waals surface area contributed by atoms with Crippen LogP contribution in [0.3, 0.4) is 0 Å². The molecule has 0 heterocycles. The lowest BCUT2D eigenvalue weighted by molar-refractivity contribution is 0.284. The average molecular weight is 404 g/mol. The molecule has 0 bridgehead atoms. The minimum Gasteiger partial charge on any atom is -0.493 e. The first kappa shape index (κ1) is 18.3. The van der Waals surface area contributed by atoms with Crippen molar-refractivity contribution in [2.75, 3.05) is 7.11 Å². The Morgan fingerprint density at radius 1 is 1.08 bits per heavy atom. The normalized spacial score (nSPS) is 14.7. The second-order valence-electron chi connectivity index (χ2n) is 6.73. The van der Waals surface area contributed by atoms with Crippen LogP contribution in [0.15, 0.2) is 40.9 Å². The van der Waals surface area contributed by atoms with Crippen molar-refractivity contribution in [2.45, 2.75) is 51.8 Å². The molecule has 0 aromatic heterocycles. The predicted molar refractivity (Wildman–Crippen MR) is 105 cm³/mol. The summed E-state index contributed by atoms with van der Waals surface area (Å²) in [5.41, 5.74) is 3.60. The van der Waals surface area contributed by atoms with E-state index >= 15 is 0 Å². The molecule has 2 aromatic carbocycles. The zero-order valence-electron chi connectivity index (χ0n) is 15.0. The third kappa shape index (κ3) is 4.99. The summed E-state index contributed by atoms with van der Waals surface area (Å²) in [5, 5.41) is 3.65. The van der Waals surface area contributed by atoms with E-state index in [9.17, 15) is 0 Å². The summed E-state index contributed by atoms with van der Waals surface area (Å²) in [4.78, 5) is 0. The standard InChI is InChI=1S/C21H26BrNO2/c1-15-7-9-16(10-8-15)14-25-21-12-19(22)17(11-20(21)24-2)13-23-18-5-3-4-6-18/h7-12,18,23H,3-6,13-14H2,1-2H3. The lowest BCUT2D eigenvalue weighted by atomic mass is 10.1. The fourth-order valence-electron chi connectivity index (χ4n) is 3.21. The van der Waals surface area contributed by atoms with Crippen LogP contribution in [0.2, 0.25) is 0 Å². The molecule has 25 heavy (non-hydrogen) atoms. The van der Waals surface area contributed by atoms with E-state index in [-0.39, 0.29) is 0 Å². The molecule has 1 aliphatic rings. The topological polar surface area (TPSA) is 30.5 Å². The first-order valence-corrected chi connectivity index (χ1v) is 9.73. The Kier molecular flexibility index (Phi) is 6.38. The number of aryl methyl sites for hydroxylation is 1.